The number of aromatic nitrogens is 3. The van der Waals surface area contributed by atoms with E-state index in [1.807, 2.05) is 13.8 Å². The molecule has 0 saturated carbocycles. The van der Waals surface area contributed by atoms with E-state index in [2.05, 4.69) is 15.4 Å². The molecular weight excluding hydrogens is 459 g/mol. The Bertz CT molecular complexity index is 1260. The lowest BCUT2D eigenvalue weighted by molar-refractivity contribution is -0.147. The van der Waals surface area contributed by atoms with Crippen molar-refractivity contribution in [1.29, 1.82) is 0 Å². The summed E-state index contributed by atoms with van der Waals surface area (Å²) in [6.45, 7) is 8.57. The highest BCUT2D eigenvalue weighted by molar-refractivity contribution is 6.13. The minimum atomic E-state index is -4.61. The number of hydrogen-bond acceptors (Lipinski definition) is 4. The van der Waals surface area contributed by atoms with Crippen LogP contribution in [0.15, 0.2) is 36.4 Å². The number of anilines is 1. The van der Waals surface area contributed by atoms with Gasteiger partial charge in [-0.15, -0.1) is 0 Å². The molecule has 7 nitrogen and oxygen atoms in total. The Labute approximate surface area is 202 Å². The molecule has 2 aromatic carbocycles. The van der Waals surface area contributed by atoms with Crippen molar-refractivity contribution in [1.82, 2.24) is 19.7 Å². The van der Waals surface area contributed by atoms with E-state index in [1.165, 1.54) is 6.92 Å². The number of aryl methyl sites for hydroxylation is 3. The van der Waals surface area contributed by atoms with Crippen LogP contribution in [0.4, 0.5) is 18.9 Å². The summed E-state index contributed by atoms with van der Waals surface area (Å²) in [5.41, 5.74) is 2.98. The minimum Gasteiger partial charge on any atom is -0.339 e. The second-order valence-electron chi connectivity index (χ2n) is 8.75. The monoisotopic (exact) mass is 487 g/mol. The Morgan fingerprint density at radius 1 is 1.09 bits per heavy atom. The summed E-state index contributed by atoms with van der Waals surface area (Å²) in [6.07, 6.45) is -4.61. The zero-order valence-electron chi connectivity index (χ0n) is 20.5. The first kappa shape index (κ1) is 25.9. The SMILES string of the molecule is Cc1nc(C(F)(F)F)n(Cc2ccc(NC(=O)c3cccc(C)c3C(=O)N(C)C(C)C)c(C)c2)n1. The van der Waals surface area contributed by atoms with E-state index in [0.717, 1.165) is 4.68 Å². The molecular formula is C25H28F3N5O2. The van der Waals surface area contributed by atoms with Gasteiger partial charge in [0.2, 0.25) is 5.82 Å². The number of halogens is 3. The first-order valence-electron chi connectivity index (χ1n) is 11.1. The summed E-state index contributed by atoms with van der Waals surface area (Å²) in [5.74, 6) is -1.73. The van der Waals surface area contributed by atoms with Gasteiger partial charge in [0, 0.05) is 18.8 Å². The lowest BCUT2D eigenvalue weighted by Crippen LogP contribution is -2.35. The Balaban J connectivity index is 1.85. The molecule has 3 aromatic rings. The Morgan fingerprint density at radius 2 is 1.77 bits per heavy atom. The highest BCUT2D eigenvalue weighted by Gasteiger charge is 2.37. The predicted molar refractivity (Wildman–Crippen MR) is 126 cm³/mol. The number of hydrogen-bond donors (Lipinski definition) is 1. The molecule has 0 saturated heterocycles. The third-order valence-electron chi connectivity index (χ3n) is 5.73. The highest BCUT2D eigenvalue weighted by Crippen LogP contribution is 2.28. The summed E-state index contributed by atoms with van der Waals surface area (Å²) in [5, 5.41) is 6.68. The molecule has 186 valence electrons. The Morgan fingerprint density at radius 3 is 2.37 bits per heavy atom. The van der Waals surface area contributed by atoms with E-state index in [-0.39, 0.29) is 29.9 Å². The molecule has 1 heterocycles. The molecule has 3 rings (SSSR count). The average molecular weight is 488 g/mol. The van der Waals surface area contributed by atoms with E-state index in [1.54, 1.807) is 62.2 Å². The molecule has 35 heavy (non-hydrogen) atoms. The summed E-state index contributed by atoms with van der Waals surface area (Å²) in [7, 11) is 1.69. The van der Waals surface area contributed by atoms with Gasteiger partial charge in [0.15, 0.2) is 0 Å². The Kier molecular flexibility index (Phi) is 7.33. The zero-order valence-corrected chi connectivity index (χ0v) is 20.5. The molecule has 0 fully saturated rings. The molecule has 0 unspecified atom stereocenters. The van der Waals surface area contributed by atoms with Crippen LogP contribution < -0.4 is 5.32 Å². The summed E-state index contributed by atoms with van der Waals surface area (Å²) >= 11 is 0. The maximum Gasteiger partial charge on any atom is 0.451 e. The van der Waals surface area contributed by atoms with Crippen LogP contribution >= 0.6 is 0 Å². The van der Waals surface area contributed by atoms with Gasteiger partial charge in [-0.25, -0.2) is 9.67 Å². The molecule has 1 N–H and O–H groups in total. The van der Waals surface area contributed by atoms with Crippen LogP contribution in [-0.2, 0) is 12.7 Å². The van der Waals surface area contributed by atoms with Gasteiger partial charge < -0.3 is 10.2 Å². The van der Waals surface area contributed by atoms with Crippen molar-refractivity contribution < 1.29 is 22.8 Å². The van der Waals surface area contributed by atoms with Crippen molar-refractivity contribution >= 4 is 17.5 Å². The maximum atomic E-state index is 13.2. The number of carbonyl (C=O) groups is 2. The standard InChI is InChI=1S/C25H28F3N5O2/c1-14(2)32(6)23(35)21-15(3)8-7-9-19(21)22(34)30-20-11-10-18(12-16(20)4)13-33-24(25(26,27)28)29-17(5)31-33/h7-12,14H,13H2,1-6H3,(H,30,34). The molecule has 10 heteroatoms. The predicted octanol–water partition coefficient (Wildman–Crippen LogP) is 5.00. The maximum absolute atomic E-state index is 13.2. The molecule has 0 atom stereocenters. The number of amides is 2. The number of alkyl halides is 3. The van der Waals surface area contributed by atoms with E-state index in [0.29, 0.717) is 27.9 Å². The number of benzene rings is 2. The molecule has 2 amide bonds. The number of nitrogens with zero attached hydrogens (tertiary/aromatic N) is 4. The van der Waals surface area contributed by atoms with Crippen molar-refractivity contribution in [2.24, 2.45) is 0 Å². The van der Waals surface area contributed by atoms with Gasteiger partial charge in [0.05, 0.1) is 17.7 Å². The van der Waals surface area contributed by atoms with E-state index < -0.39 is 17.9 Å². The fraction of sp³-hybridized carbons (Fsp3) is 0.360. The smallest absolute Gasteiger partial charge is 0.339 e. The largest absolute Gasteiger partial charge is 0.451 e. The van der Waals surface area contributed by atoms with Crippen LogP contribution in [0.1, 0.15) is 62.9 Å². The topological polar surface area (TPSA) is 80.1 Å². The molecule has 0 aliphatic rings. The van der Waals surface area contributed by atoms with E-state index in [4.69, 9.17) is 0 Å². The van der Waals surface area contributed by atoms with Gasteiger partial charge >= 0.3 is 6.18 Å². The molecule has 0 radical (unpaired) electrons. The molecule has 0 bridgehead atoms. The normalized spacial score (nSPS) is 11.6. The van der Waals surface area contributed by atoms with Crippen molar-refractivity contribution in [2.45, 2.75) is 53.4 Å². The lowest BCUT2D eigenvalue weighted by atomic mass is 9.99. The first-order valence-corrected chi connectivity index (χ1v) is 11.1. The molecule has 0 aliphatic carbocycles. The van der Waals surface area contributed by atoms with Crippen molar-refractivity contribution in [3.8, 4) is 0 Å². The Hall–Kier alpha value is -3.69. The molecule has 0 aliphatic heterocycles. The molecule has 1 aromatic heterocycles. The first-order chi connectivity index (χ1) is 16.3. The summed E-state index contributed by atoms with van der Waals surface area (Å²) in [6, 6.07) is 9.97. The van der Waals surface area contributed by atoms with Gasteiger partial charge in [0.25, 0.3) is 11.8 Å². The van der Waals surface area contributed by atoms with Gasteiger partial charge in [-0.3, -0.25) is 9.59 Å². The van der Waals surface area contributed by atoms with Crippen LogP contribution in [0.25, 0.3) is 0 Å². The third kappa shape index (κ3) is 5.70. The number of nitrogens with one attached hydrogen (secondary N) is 1. The molecule has 0 spiro atoms. The van der Waals surface area contributed by atoms with E-state index in [9.17, 15) is 22.8 Å². The van der Waals surface area contributed by atoms with Crippen molar-refractivity contribution in [3.05, 3.63) is 75.9 Å². The summed E-state index contributed by atoms with van der Waals surface area (Å²) < 4.78 is 40.5. The summed E-state index contributed by atoms with van der Waals surface area (Å²) in [4.78, 5) is 31.2. The second kappa shape index (κ2) is 9.89. The second-order valence-corrected chi connectivity index (χ2v) is 8.75. The van der Waals surface area contributed by atoms with Crippen molar-refractivity contribution in [3.63, 3.8) is 0 Å². The highest BCUT2D eigenvalue weighted by atomic mass is 19.4. The quantitative estimate of drug-likeness (QED) is 0.531. The number of rotatable bonds is 6. The van der Waals surface area contributed by atoms with Gasteiger partial charge in [-0.05, 0) is 63.4 Å². The van der Waals surface area contributed by atoms with Crippen molar-refractivity contribution in [2.75, 3.05) is 12.4 Å². The lowest BCUT2D eigenvalue weighted by Gasteiger charge is -2.24. The third-order valence-corrected chi connectivity index (χ3v) is 5.73. The fourth-order valence-corrected chi connectivity index (χ4v) is 3.65. The van der Waals surface area contributed by atoms with E-state index >= 15 is 0 Å². The van der Waals surface area contributed by atoms with Gasteiger partial charge in [0.1, 0.15) is 5.82 Å². The van der Waals surface area contributed by atoms with Gasteiger partial charge in [-0.1, -0.05) is 24.3 Å². The van der Waals surface area contributed by atoms with Crippen LogP contribution in [0.2, 0.25) is 0 Å². The van der Waals surface area contributed by atoms with Crippen LogP contribution in [0.3, 0.4) is 0 Å². The fourth-order valence-electron chi connectivity index (χ4n) is 3.65. The number of carbonyl (C=O) groups excluding carboxylic acids is 2. The minimum absolute atomic E-state index is 0.0320. The van der Waals surface area contributed by atoms with Gasteiger partial charge in [-0.2, -0.15) is 18.3 Å². The van der Waals surface area contributed by atoms with Crippen LogP contribution in [0, 0.1) is 20.8 Å². The average Bonchev–Trinajstić information content (AvgIpc) is 3.14. The zero-order chi connectivity index (χ0) is 26.1. The van der Waals surface area contributed by atoms with Crippen LogP contribution in [-0.4, -0.2) is 44.6 Å². The van der Waals surface area contributed by atoms with Crippen LogP contribution in [0.5, 0.6) is 0 Å².